The molecule has 19 heavy (non-hydrogen) atoms. The molecule has 0 bridgehead atoms. The van der Waals surface area contributed by atoms with Crippen LogP contribution in [0.2, 0.25) is 0 Å². The number of sulfonamides is 1. The van der Waals surface area contributed by atoms with E-state index in [1.54, 1.807) is 12.1 Å². The summed E-state index contributed by atoms with van der Waals surface area (Å²) in [5.41, 5.74) is 1.49. The van der Waals surface area contributed by atoms with E-state index in [4.69, 9.17) is 4.74 Å². The van der Waals surface area contributed by atoms with Crippen molar-refractivity contribution in [3.8, 4) is 5.75 Å². The number of carbonyl (C=O) groups excluding carboxylic acids is 1. The van der Waals surface area contributed by atoms with Crippen LogP contribution in [0.4, 0.5) is 5.69 Å². The number of rotatable bonds is 5. The molecule has 0 aliphatic heterocycles. The Balaban J connectivity index is 2.80. The van der Waals surface area contributed by atoms with Gasteiger partial charge in [0.1, 0.15) is 5.75 Å². The van der Waals surface area contributed by atoms with Crippen LogP contribution in [0.3, 0.4) is 0 Å². The molecule has 0 aliphatic carbocycles. The Kier molecular flexibility index (Phi) is 4.90. The average molecular weight is 286 g/mol. The van der Waals surface area contributed by atoms with E-state index in [0.717, 1.165) is 16.1 Å². The number of hydrogen-bond donors (Lipinski definition) is 1. The average Bonchev–Trinajstić information content (AvgIpc) is 2.27. The highest BCUT2D eigenvalue weighted by molar-refractivity contribution is 7.88. The van der Waals surface area contributed by atoms with Crippen molar-refractivity contribution < 1.29 is 17.9 Å². The Morgan fingerprint density at radius 2 is 2.05 bits per heavy atom. The molecule has 0 fully saturated rings. The minimum atomic E-state index is -3.37. The Morgan fingerprint density at radius 3 is 2.58 bits per heavy atom. The molecular formula is C12H18N2O4S. The van der Waals surface area contributed by atoms with Crippen LogP contribution in [0.5, 0.6) is 5.75 Å². The van der Waals surface area contributed by atoms with Gasteiger partial charge in [0.15, 0.2) is 0 Å². The van der Waals surface area contributed by atoms with Crippen molar-refractivity contribution in [2.24, 2.45) is 0 Å². The molecule has 1 N–H and O–H groups in total. The molecule has 6 nitrogen and oxygen atoms in total. The van der Waals surface area contributed by atoms with E-state index >= 15 is 0 Å². The Labute approximate surface area is 113 Å². The molecule has 1 rings (SSSR count). The van der Waals surface area contributed by atoms with Crippen LogP contribution in [0.25, 0.3) is 0 Å². The zero-order valence-corrected chi connectivity index (χ0v) is 12.2. The Morgan fingerprint density at radius 1 is 1.42 bits per heavy atom. The molecule has 0 saturated heterocycles. The second kappa shape index (κ2) is 6.03. The topological polar surface area (TPSA) is 75.7 Å². The summed E-state index contributed by atoms with van der Waals surface area (Å²) in [6, 6.07) is 5.36. The predicted molar refractivity (Wildman–Crippen MR) is 73.8 cm³/mol. The number of nitrogens with zero attached hydrogens (tertiary/aromatic N) is 1. The summed E-state index contributed by atoms with van der Waals surface area (Å²) in [5.74, 6) is 0.109. The fourth-order valence-corrected chi connectivity index (χ4v) is 1.78. The van der Waals surface area contributed by atoms with Crippen LogP contribution in [-0.4, -0.2) is 45.6 Å². The van der Waals surface area contributed by atoms with E-state index in [1.165, 1.54) is 14.2 Å². The minimum Gasteiger partial charge on any atom is -0.495 e. The van der Waals surface area contributed by atoms with Crippen molar-refractivity contribution in [2.45, 2.75) is 6.92 Å². The molecular weight excluding hydrogens is 268 g/mol. The van der Waals surface area contributed by atoms with E-state index < -0.39 is 15.9 Å². The maximum atomic E-state index is 11.8. The van der Waals surface area contributed by atoms with Gasteiger partial charge in [-0.2, -0.15) is 4.31 Å². The first-order valence-electron chi connectivity index (χ1n) is 5.60. The summed E-state index contributed by atoms with van der Waals surface area (Å²) in [4.78, 5) is 11.8. The lowest BCUT2D eigenvalue weighted by Crippen LogP contribution is -2.34. The molecule has 7 heteroatoms. The van der Waals surface area contributed by atoms with Gasteiger partial charge in [-0.1, -0.05) is 6.07 Å². The highest BCUT2D eigenvalue weighted by Gasteiger charge is 2.16. The first-order chi connectivity index (χ1) is 8.74. The monoisotopic (exact) mass is 286 g/mol. The van der Waals surface area contributed by atoms with Gasteiger partial charge in [-0.25, -0.2) is 8.42 Å². The van der Waals surface area contributed by atoms with Gasteiger partial charge in [0.05, 0.1) is 25.6 Å². The van der Waals surface area contributed by atoms with Crippen LogP contribution in [0, 0.1) is 6.92 Å². The predicted octanol–water partition coefficient (Wildman–Crippen LogP) is 0.834. The SMILES string of the molecule is COc1ccc(C)cc1NC(=O)CN(C)S(C)(=O)=O. The van der Waals surface area contributed by atoms with Crippen molar-refractivity contribution in [2.75, 3.05) is 32.3 Å². The maximum Gasteiger partial charge on any atom is 0.239 e. The summed E-state index contributed by atoms with van der Waals surface area (Å²) < 4.78 is 28.5. The van der Waals surface area contributed by atoms with E-state index in [0.29, 0.717) is 11.4 Å². The number of methoxy groups -OCH3 is 1. The van der Waals surface area contributed by atoms with Crippen molar-refractivity contribution in [3.63, 3.8) is 0 Å². The van der Waals surface area contributed by atoms with E-state index in [-0.39, 0.29) is 6.54 Å². The fraction of sp³-hybridized carbons (Fsp3) is 0.417. The normalized spacial score (nSPS) is 11.4. The summed E-state index contributed by atoms with van der Waals surface area (Å²) in [5, 5.41) is 2.64. The van der Waals surface area contributed by atoms with Gasteiger partial charge in [0.2, 0.25) is 15.9 Å². The third-order valence-corrected chi connectivity index (χ3v) is 3.82. The third kappa shape index (κ3) is 4.53. The summed E-state index contributed by atoms with van der Waals surface area (Å²) in [7, 11) is -0.520. The second-order valence-electron chi connectivity index (χ2n) is 4.27. The first kappa shape index (κ1) is 15.5. The molecule has 0 heterocycles. The minimum absolute atomic E-state index is 0.240. The smallest absolute Gasteiger partial charge is 0.239 e. The van der Waals surface area contributed by atoms with Gasteiger partial charge in [-0.05, 0) is 24.6 Å². The molecule has 1 aromatic carbocycles. The number of anilines is 1. The largest absolute Gasteiger partial charge is 0.495 e. The molecule has 0 aliphatic rings. The van der Waals surface area contributed by atoms with Crippen molar-refractivity contribution in [1.82, 2.24) is 4.31 Å². The molecule has 0 unspecified atom stereocenters. The lowest BCUT2D eigenvalue weighted by molar-refractivity contribution is -0.116. The second-order valence-corrected chi connectivity index (χ2v) is 6.36. The molecule has 0 radical (unpaired) electrons. The molecule has 1 amide bonds. The number of carbonyl (C=O) groups is 1. The molecule has 106 valence electrons. The van der Waals surface area contributed by atoms with Crippen LogP contribution in [0.1, 0.15) is 5.56 Å². The van der Waals surface area contributed by atoms with Crippen LogP contribution >= 0.6 is 0 Å². The maximum absolute atomic E-state index is 11.8. The number of ether oxygens (including phenoxy) is 1. The lowest BCUT2D eigenvalue weighted by atomic mass is 10.2. The zero-order valence-electron chi connectivity index (χ0n) is 11.4. The standard InChI is InChI=1S/C12H18N2O4S/c1-9-5-6-11(18-3)10(7-9)13-12(15)8-14(2)19(4,16)17/h5-7H,8H2,1-4H3,(H,13,15). The van der Waals surface area contributed by atoms with Gasteiger partial charge in [0.25, 0.3) is 0 Å². The van der Waals surface area contributed by atoms with E-state index in [1.807, 2.05) is 13.0 Å². The molecule has 0 spiro atoms. The highest BCUT2D eigenvalue weighted by atomic mass is 32.2. The van der Waals surface area contributed by atoms with Crippen molar-refractivity contribution in [3.05, 3.63) is 23.8 Å². The summed E-state index contributed by atoms with van der Waals surface area (Å²) in [6.45, 7) is 1.65. The summed E-state index contributed by atoms with van der Waals surface area (Å²) >= 11 is 0. The Hall–Kier alpha value is -1.60. The Bertz CT molecular complexity index is 569. The quantitative estimate of drug-likeness (QED) is 0.870. The molecule has 0 atom stereocenters. The van der Waals surface area contributed by atoms with Crippen LogP contribution in [-0.2, 0) is 14.8 Å². The number of likely N-dealkylation sites (N-methyl/N-ethyl adjacent to an activating group) is 1. The van der Waals surface area contributed by atoms with Gasteiger partial charge < -0.3 is 10.1 Å². The number of benzene rings is 1. The first-order valence-corrected chi connectivity index (χ1v) is 7.44. The number of nitrogens with one attached hydrogen (secondary N) is 1. The van der Waals surface area contributed by atoms with E-state index in [9.17, 15) is 13.2 Å². The molecule has 0 saturated carbocycles. The summed E-state index contributed by atoms with van der Waals surface area (Å²) in [6.07, 6.45) is 1.05. The third-order valence-electron chi connectivity index (χ3n) is 2.56. The number of hydrogen-bond acceptors (Lipinski definition) is 4. The van der Waals surface area contributed by atoms with Crippen molar-refractivity contribution in [1.29, 1.82) is 0 Å². The van der Waals surface area contributed by atoms with Crippen LogP contribution in [0.15, 0.2) is 18.2 Å². The highest BCUT2D eigenvalue weighted by Crippen LogP contribution is 2.25. The molecule has 1 aromatic rings. The lowest BCUT2D eigenvalue weighted by Gasteiger charge is -2.15. The number of amides is 1. The fourth-order valence-electron chi connectivity index (χ4n) is 1.43. The van der Waals surface area contributed by atoms with E-state index in [2.05, 4.69) is 5.32 Å². The van der Waals surface area contributed by atoms with Gasteiger partial charge in [-0.3, -0.25) is 4.79 Å². The van der Waals surface area contributed by atoms with Crippen LogP contribution < -0.4 is 10.1 Å². The molecule has 0 aromatic heterocycles. The number of aryl methyl sites for hydroxylation is 1. The zero-order chi connectivity index (χ0) is 14.6. The van der Waals surface area contributed by atoms with Gasteiger partial charge in [0, 0.05) is 7.05 Å². The van der Waals surface area contributed by atoms with Crippen molar-refractivity contribution >= 4 is 21.6 Å². The van der Waals surface area contributed by atoms with Gasteiger partial charge in [-0.15, -0.1) is 0 Å². The van der Waals surface area contributed by atoms with Gasteiger partial charge >= 0.3 is 0 Å².